The largest absolute Gasteiger partial charge is 0.497 e. The molecule has 4 rings (SSSR count). The molecule has 3 aliphatic rings. The van der Waals surface area contributed by atoms with Gasteiger partial charge in [0.15, 0.2) is 0 Å². The first-order chi connectivity index (χ1) is 18.8. The van der Waals surface area contributed by atoms with Gasteiger partial charge in [-0.25, -0.2) is 8.42 Å². The molecular weight excluding hydrogens is 540 g/mol. The number of morpholine rings is 1. The van der Waals surface area contributed by atoms with Crippen LogP contribution in [0.4, 0.5) is 0 Å². The summed E-state index contributed by atoms with van der Waals surface area (Å²) in [5.74, 6) is 2.00. The molecule has 0 saturated carbocycles. The van der Waals surface area contributed by atoms with E-state index in [9.17, 15) is 13.2 Å². The lowest BCUT2D eigenvalue weighted by molar-refractivity contribution is -0.138. The monoisotopic (exact) mass is 584 g/mol. The van der Waals surface area contributed by atoms with Gasteiger partial charge in [-0.15, -0.1) is 0 Å². The summed E-state index contributed by atoms with van der Waals surface area (Å²) < 4.78 is 45.5. The number of hydrogen-bond donors (Lipinski definition) is 0. The molecule has 1 unspecified atom stereocenters. The lowest BCUT2D eigenvalue weighted by atomic mass is 10.1. The molecule has 3 fully saturated rings. The minimum absolute atomic E-state index is 0.0212. The highest BCUT2D eigenvalue weighted by atomic mass is 32.2. The molecule has 0 bridgehead atoms. The van der Waals surface area contributed by atoms with E-state index in [4.69, 9.17) is 14.2 Å². The Hall–Kier alpha value is -1.41. The second-order valence-corrected chi connectivity index (χ2v) is 13.5. The van der Waals surface area contributed by atoms with Gasteiger partial charge in [-0.05, 0) is 56.6 Å². The van der Waals surface area contributed by atoms with Gasteiger partial charge in [0, 0.05) is 57.3 Å². The molecule has 0 N–H and O–H groups in total. The van der Waals surface area contributed by atoms with E-state index in [0.717, 1.165) is 64.7 Å². The molecule has 0 radical (unpaired) electrons. The zero-order valence-corrected chi connectivity index (χ0v) is 25.2. The molecule has 10 nitrogen and oxygen atoms in total. The number of carbonyl (C=O) groups excluding carboxylic acids is 1. The molecule has 1 aromatic carbocycles. The Kier molecular flexibility index (Phi) is 11.3. The van der Waals surface area contributed by atoms with E-state index in [1.54, 1.807) is 49.2 Å². The summed E-state index contributed by atoms with van der Waals surface area (Å²) >= 11 is 1.72. The Balaban J connectivity index is 1.23. The van der Waals surface area contributed by atoms with Crippen LogP contribution >= 0.6 is 11.8 Å². The normalized spacial score (nSPS) is 22.2. The van der Waals surface area contributed by atoms with Crippen LogP contribution in [-0.4, -0.2) is 143 Å². The number of hydrogen-bond acceptors (Lipinski definition) is 9. The first-order valence-corrected chi connectivity index (χ1v) is 16.5. The maximum atomic E-state index is 13.7. The quantitative estimate of drug-likeness (QED) is 0.382. The Morgan fingerprint density at radius 3 is 2.28 bits per heavy atom. The van der Waals surface area contributed by atoms with Crippen molar-refractivity contribution in [2.75, 3.05) is 104 Å². The van der Waals surface area contributed by atoms with Gasteiger partial charge in [0.05, 0.1) is 37.9 Å². The predicted octanol–water partition coefficient (Wildman–Crippen LogP) is 1.30. The molecule has 1 amide bonds. The van der Waals surface area contributed by atoms with Crippen molar-refractivity contribution in [2.24, 2.45) is 0 Å². The summed E-state index contributed by atoms with van der Waals surface area (Å²) in [5.41, 5.74) is 1.33. The van der Waals surface area contributed by atoms with E-state index in [1.807, 2.05) is 4.90 Å². The van der Waals surface area contributed by atoms with E-state index >= 15 is 0 Å². The fourth-order valence-electron chi connectivity index (χ4n) is 5.58. The zero-order valence-electron chi connectivity index (χ0n) is 23.6. The Morgan fingerprint density at radius 2 is 1.64 bits per heavy atom. The number of amides is 1. The van der Waals surface area contributed by atoms with Gasteiger partial charge in [-0.3, -0.25) is 14.6 Å². The second-order valence-electron chi connectivity index (χ2n) is 10.5. The zero-order chi connectivity index (χ0) is 27.8. The molecule has 39 heavy (non-hydrogen) atoms. The molecule has 0 aromatic heterocycles. The average molecular weight is 585 g/mol. The Morgan fingerprint density at radius 1 is 1.00 bits per heavy atom. The summed E-state index contributed by atoms with van der Waals surface area (Å²) in [5, 5.41) is 0. The van der Waals surface area contributed by atoms with E-state index in [-0.39, 0.29) is 25.2 Å². The van der Waals surface area contributed by atoms with Crippen LogP contribution in [0.5, 0.6) is 5.75 Å². The first-order valence-electron chi connectivity index (χ1n) is 13.9. The van der Waals surface area contributed by atoms with Crippen LogP contribution < -0.4 is 4.74 Å². The van der Waals surface area contributed by atoms with E-state index < -0.39 is 10.0 Å². The highest BCUT2D eigenvalue weighted by molar-refractivity contribution is 7.99. The van der Waals surface area contributed by atoms with Crippen molar-refractivity contribution in [3.8, 4) is 5.75 Å². The Bertz CT molecular complexity index is 1040. The number of piperazine rings is 1. The average Bonchev–Trinajstić information content (AvgIpc) is 2.93. The third-order valence-electron chi connectivity index (χ3n) is 7.72. The highest BCUT2D eigenvalue weighted by Crippen LogP contribution is 2.31. The van der Waals surface area contributed by atoms with Crippen LogP contribution in [0.3, 0.4) is 0 Å². The van der Waals surface area contributed by atoms with Gasteiger partial charge < -0.3 is 19.1 Å². The molecule has 3 heterocycles. The van der Waals surface area contributed by atoms with Crippen LogP contribution in [0.15, 0.2) is 17.0 Å². The van der Waals surface area contributed by atoms with Crippen molar-refractivity contribution in [3.63, 3.8) is 0 Å². The molecule has 0 aliphatic carbocycles. The molecule has 1 atom stereocenters. The number of thioether (sulfide) groups is 1. The van der Waals surface area contributed by atoms with Crippen LogP contribution in [0.25, 0.3) is 0 Å². The topological polar surface area (TPSA) is 91.9 Å². The van der Waals surface area contributed by atoms with Crippen LogP contribution in [0.1, 0.15) is 17.5 Å². The maximum Gasteiger partial charge on any atom is 0.248 e. The third-order valence-corrected chi connectivity index (χ3v) is 11.1. The van der Waals surface area contributed by atoms with Gasteiger partial charge in [0.25, 0.3) is 0 Å². The van der Waals surface area contributed by atoms with E-state index in [1.165, 1.54) is 0 Å². The molecule has 1 aromatic rings. The third kappa shape index (κ3) is 8.08. The lowest BCUT2D eigenvalue weighted by Crippen LogP contribution is -2.51. The van der Waals surface area contributed by atoms with Gasteiger partial charge in [0.1, 0.15) is 12.4 Å². The fourth-order valence-corrected chi connectivity index (χ4v) is 8.85. The number of methoxy groups -OCH3 is 1. The van der Waals surface area contributed by atoms with E-state index in [0.29, 0.717) is 47.2 Å². The Labute approximate surface area is 238 Å². The van der Waals surface area contributed by atoms with Crippen molar-refractivity contribution >= 4 is 27.7 Å². The van der Waals surface area contributed by atoms with Gasteiger partial charge in [0.2, 0.25) is 15.9 Å². The van der Waals surface area contributed by atoms with Gasteiger partial charge >= 0.3 is 0 Å². The first kappa shape index (κ1) is 30.5. The summed E-state index contributed by atoms with van der Waals surface area (Å²) in [6.45, 7) is 13.2. The number of ether oxygens (including phenoxy) is 3. The number of carbonyl (C=O) groups is 1. The number of sulfonamides is 1. The molecule has 220 valence electrons. The van der Waals surface area contributed by atoms with Crippen molar-refractivity contribution in [2.45, 2.75) is 31.2 Å². The van der Waals surface area contributed by atoms with E-state index in [2.05, 4.69) is 9.80 Å². The van der Waals surface area contributed by atoms with Crippen LogP contribution in [-0.2, 0) is 24.3 Å². The molecule has 3 aliphatic heterocycles. The SMILES string of the molecule is COc1cc(C)c(S(=O)(=O)N2CCSCC2COCC(=O)N2CCN(CCCN3CCOCC3)CC2)c(C)c1. The van der Waals surface area contributed by atoms with Crippen molar-refractivity contribution in [1.82, 2.24) is 19.0 Å². The number of nitrogens with zero attached hydrogens (tertiary/aromatic N) is 4. The summed E-state index contributed by atoms with van der Waals surface area (Å²) in [7, 11) is -2.14. The summed E-state index contributed by atoms with van der Waals surface area (Å²) in [4.78, 5) is 19.9. The lowest BCUT2D eigenvalue weighted by Gasteiger charge is -2.36. The second kappa shape index (κ2) is 14.5. The smallest absolute Gasteiger partial charge is 0.248 e. The van der Waals surface area contributed by atoms with Gasteiger partial charge in [-0.1, -0.05) is 0 Å². The molecule has 0 spiro atoms. The van der Waals surface area contributed by atoms with Crippen LogP contribution in [0, 0.1) is 13.8 Å². The minimum Gasteiger partial charge on any atom is -0.497 e. The minimum atomic E-state index is -3.72. The standard InChI is InChI=1S/C27H44N4O6S2/c1-22-17-25(35-3)18-23(2)27(22)39(33,34)31-13-16-38-21-24(31)19-37-20-26(32)30-9-7-28(8-10-30)5-4-6-29-11-14-36-15-12-29/h17-18,24H,4-16,19-21H2,1-3H3. The molecule has 3 saturated heterocycles. The number of rotatable bonds is 11. The highest BCUT2D eigenvalue weighted by Gasteiger charge is 2.36. The van der Waals surface area contributed by atoms with Crippen molar-refractivity contribution < 1.29 is 27.4 Å². The van der Waals surface area contributed by atoms with Crippen LogP contribution in [0.2, 0.25) is 0 Å². The number of aryl methyl sites for hydroxylation is 2. The summed E-state index contributed by atoms with van der Waals surface area (Å²) in [6.07, 6.45) is 1.13. The maximum absolute atomic E-state index is 13.7. The van der Waals surface area contributed by atoms with Crippen molar-refractivity contribution in [3.05, 3.63) is 23.3 Å². The molecule has 12 heteroatoms. The fraction of sp³-hybridized carbons (Fsp3) is 0.741. The van der Waals surface area contributed by atoms with Crippen molar-refractivity contribution in [1.29, 1.82) is 0 Å². The predicted molar refractivity (Wildman–Crippen MR) is 153 cm³/mol. The van der Waals surface area contributed by atoms with Gasteiger partial charge in [-0.2, -0.15) is 16.1 Å². The summed E-state index contributed by atoms with van der Waals surface area (Å²) in [6, 6.07) is 3.20. The number of benzene rings is 1. The molecular formula is C27H44N4O6S2.